The number of hydrogen-bond acceptors (Lipinski definition) is 3. The number of aryl methyl sites for hydroxylation is 1. The van der Waals surface area contributed by atoms with Crippen molar-refractivity contribution in [3.63, 3.8) is 0 Å². The molecule has 1 aromatic heterocycles. The number of nitrogens with zero attached hydrogens (tertiary/aromatic N) is 1. The van der Waals surface area contributed by atoms with Crippen molar-refractivity contribution >= 4 is 5.91 Å². The Hall–Kier alpha value is -1.29. The molecule has 0 bridgehead atoms. The zero-order valence-electron chi connectivity index (χ0n) is 10.7. The number of furan rings is 1. The number of hydrogen-bond donors (Lipinski definition) is 1. The summed E-state index contributed by atoms with van der Waals surface area (Å²) in [5.41, 5.74) is 0.163. The van der Waals surface area contributed by atoms with Crippen LogP contribution in [0.15, 0.2) is 16.5 Å². The number of piperidine rings is 1. The molecular formula is C13H20N2O2. The van der Waals surface area contributed by atoms with Gasteiger partial charge in [0.25, 0.3) is 5.91 Å². The van der Waals surface area contributed by atoms with Crippen LogP contribution in [-0.2, 0) is 0 Å². The topological polar surface area (TPSA) is 45.5 Å². The molecule has 4 heteroatoms. The van der Waals surface area contributed by atoms with Crippen molar-refractivity contribution in [3.05, 3.63) is 23.7 Å². The van der Waals surface area contributed by atoms with Crippen molar-refractivity contribution in [3.8, 4) is 0 Å². The van der Waals surface area contributed by atoms with E-state index in [1.807, 2.05) is 24.9 Å². The highest BCUT2D eigenvalue weighted by molar-refractivity contribution is 5.91. The van der Waals surface area contributed by atoms with Crippen LogP contribution in [0.5, 0.6) is 0 Å². The molecule has 0 saturated carbocycles. The summed E-state index contributed by atoms with van der Waals surface area (Å²) < 4.78 is 5.37. The first kappa shape index (κ1) is 12.2. The summed E-state index contributed by atoms with van der Waals surface area (Å²) >= 11 is 0. The molecule has 1 aliphatic heterocycles. The van der Waals surface area contributed by atoms with Gasteiger partial charge in [-0.2, -0.15) is 0 Å². The standard InChI is InChI=1S/C13H20N2O2/c1-10-4-5-11(17-10)12(16)15-8-6-13(2,14-3)7-9-15/h4-5,14H,6-9H2,1-3H3. The number of nitrogens with one attached hydrogen (secondary N) is 1. The molecule has 94 valence electrons. The van der Waals surface area contributed by atoms with Crippen molar-refractivity contribution < 1.29 is 9.21 Å². The first-order valence-corrected chi connectivity index (χ1v) is 6.09. The third-order valence-electron chi connectivity index (χ3n) is 3.71. The molecule has 1 N–H and O–H groups in total. The highest BCUT2D eigenvalue weighted by Crippen LogP contribution is 2.22. The molecule has 0 atom stereocenters. The normalized spacial score (nSPS) is 19.4. The molecular weight excluding hydrogens is 216 g/mol. The van der Waals surface area contributed by atoms with Crippen LogP contribution in [0.4, 0.5) is 0 Å². The highest BCUT2D eigenvalue weighted by atomic mass is 16.3. The van der Waals surface area contributed by atoms with Crippen molar-refractivity contribution in [2.45, 2.75) is 32.2 Å². The van der Waals surface area contributed by atoms with Gasteiger partial charge in [-0.05, 0) is 45.9 Å². The Bertz CT molecular complexity index is 403. The zero-order valence-corrected chi connectivity index (χ0v) is 10.7. The van der Waals surface area contributed by atoms with Gasteiger partial charge in [0.1, 0.15) is 5.76 Å². The van der Waals surface area contributed by atoms with Crippen LogP contribution < -0.4 is 5.32 Å². The minimum Gasteiger partial charge on any atom is -0.456 e. The summed E-state index contributed by atoms with van der Waals surface area (Å²) in [5, 5.41) is 3.32. The van der Waals surface area contributed by atoms with Crippen LogP contribution in [0.2, 0.25) is 0 Å². The number of likely N-dealkylation sites (tertiary alicyclic amines) is 1. The van der Waals surface area contributed by atoms with E-state index >= 15 is 0 Å². The largest absolute Gasteiger partial charge is 0.456 e. The number of rotatable bonds is 2. The second-order valence-corrected chi connectivity index (χ2v) is 5.01. The second kappa shape index (κ2) is 4.53. The van der Waals surface area contributed by atoms with Gasteiger partial charge in [0, 0.05) is 18.6 Å². The summed E-state index contributed by atoms with van der Waals surface area (Å²) in [6, 6.07) is 3.58. The Kier molecular flexibility index (Phi) is 3.24. The van der Waals surface area contributed by atoms with Gasteiger partial charge >= 0.3 is 0 Å². The molecule has 1 fully saturated rings. The quantitative estimate of drug-likeness (QED) is 0.851. The Labute approximate surface area is 102 Å². The summed E-state index contributed by atoms with van der Waals surface area (Å²) in [6.45, 7) is 5.63. The molecule has 1 aliphatic rings. The smallest absolute Gasteiger partial charge is 0.289 e. The van der Waals surface area contributed by atoms with Crippen LogP contribution in [0, 0.1) is 6.92 Å². The van der Waals surface area contributed by atoms with Crippen LogP contribution in [0.1, 0.15) is 36.1 Å². The maximum Gasteiger partial charge on any atom is 0.289 e. The predicted octanol–water partition coefficient (Wildman–Crippen LogP) is 1.80. The molecule has 2 heterocycles. The van der Waals surface area contributed by atoms with Crippen molar-refractivity contribution in [1.82, 2.24) is 10.2 Å². The Morgan fingerprint density at radius 2 is 2.06 bits per heavy atom. The maximum absolute atomic E-state index is 12.1. The van der Waals surface area contributed by atoms with E-state index in [4.69, 9.17) is 4.42 Å². The van der Waals surface area contributed by atoms with E-state index in [1.165, 1.54) is 0 Å². The monoisotopic (exact) mass is 236 g/mol. The minimum absolute atomic E-state index is 0.0104. The zero-order chi connectivity index (χ0) is 12.5. The van der Waals surface area contributed by atoms with Crippen LogP contribution in [0.25, 0.3) is 0 Å². The first-order valence-electron chi connectivity index (χ1n) is 6.09. The maximum atomic E-state index is 12.1. The Morgan fingerprint density at radius 3 is 2.53 bits per heavy atom. The molecule has 1 amide bonds. The van der Waals surface area contributed by atoms with E-state index in [9.17, 15) is 4.79 Å². The molecule has 2 rings (SSSR count). The van der Waals surface area contributed by atoms with Crippen molar-refractivity contribution in [2.24, 2.45) is 0 Å². The minimum atomic E-state index is 0.0104. The van der Waals surface area contributed by atoms with E-state index in [1.54, 1.807) is 6.07 Å². The fraction of sp³-hybridized carbons (Fsp3) is 0.615. The Balaban J connectivity index is 1.99. The lowest BCUT2D eigenvalue weighted by Crippen LogP contribution is -2.51. The van der Waals surface area contributed by atoms with Gasteiger partial charge in [0.05, 0.1) is 0 Å². The molecule has 17 heavy (non-hydrogen) atoms. The van der Waals surface area contributed by atoms with Crippen molar-refractivity contribution in [2.75, 3.05) is 20.1 Å². The SMILES string of the molecule is CNC1(C)CCN(C(=O)c2ccc(C)o2)CC1. The number of carbonyl (C=O) groups excluding carboxylic acids is 1. The van der Waals surface area contributed by atoms with E-state index in [-0.39, 0.29) is 11.4 Å². The van der Waals surface area contributed by atoms with Gasteiger partial charge in [0.15, 0.2) is 5.76 Å². The molecule has 4 nitrogen and oxygen atoms in total. The van der Waals surface area contributed by atoms with E-state index < -0.39 is 0 Å². The number of amides is 1. The van der Waals surface area contributed by atoms with Crippen LogP contribution in [-0.4, -0.2) is 36.5 Å². The van der Waals surface area contributed by atoms with E-state index in [0.29, 0.717) is 5.76 Å². The molecule has 0 aromatic carbocycles. The summed E-state index contributed by atoms with van der Waals surface area (Å²) in [4.78, 5) is 14.0. The summed E-state index contributed by atoms with van der Waals surface area (Å²) in [7, 11) is 1.98. The Morgan fingerprint density at radius 1 is 1.41 bits per heavy atom. The molecule has 0 spiro atoms. The third kappa shape index (κ3) is 2.52. The predicted molar refractivity (Wildman–Crippen MR) is 66.0 cm³/mol. The van der Waals surface area contributed by atoms with Crippen LogP contribution in [0.3, 0.4) is 0 Å². The molecule has 1 saturated heterocycles. The molecule has 0 radical (unpaired) electrons. The molecule has 0 unspecified atom stereocenters. The number of carbonyl (C=O) groups is 1. The lowest BCUT2D eigenvalue weighted by molar-refractivity contribution is 0.0629. The average molecular weight is 236 g/mol. The van der Waals surface area contributed by atoms with Crippen LogP contribution >= 0.6 is 0 Å². The fourth-order valence-electron chi connectivity index (χ4n) is 2.16. The van der Waals surface area contributed by atoms with Gasteiger partial charge < -0.3 is 14.6 Å². The van der Waals surface area contributed by atoms with Gasteiger partial charge in [0.2, 0.25) is 0 Å². The second-order valence-electron chi connectivity index (χ2n) is 5.01. The fourth-order valence-corrected chi connectivity index (χ4v) is 2.16. The van der Waals surface area contributed by atoms with Gasteiger partial charge in [-0.15, -0.1) is 0 Å². The third-order valence-corrected chi connectivity index (χ3v) is 3.71. The average Bonchev–Trinajstić information content (AvgIpc) is 2.76. The van der Waals surface area contributed by atoms with Crippen molar-refractivity contribution in [1.29, 1.82) is 0 Å². The van der Waals surface area contributed by atoms with E-state index in [0.717, 1.165) is 31.7 Å². The van der Waals surface area contributed by atoms with Gasteiger partial charge in [-0.3, -0.25) is 4.79 Å². The first-order chi connectivity index (χ1) is 8.04. The highest BCUT2D eigenvalue weighted by Gasteiger charge is 2.31. The lowest BCUT2D eigenvalue weighted by Gasteiger charge is -2.38. The summed E-state index contributed by atoms with van der Waals surface area (Å²) in [6.07, 6.45) is 1.96. The van der Waals surface area contributed by atoms with E-state index in [2.05, 4.69) is 12.2 Å². The lowest BCUT2D eigenvalue weighted by atomic mass is 9.90. The van der Waals surface area contributed by atoms with Gasteiger partial charge in [-0.1, -0.05) is 0 Å². The molecule has 0 aliphatic carbocycles. The van der Waals surface area contributed by atoms with Gasteiger partial charge in [-0.25, -0.2) is 0 Å². The molecule has 1 aromatic rings. The summed E-state index contributed by atoms with van der Waals surface area (Å²) in [5.74, 6) is 1.25.